The lowest BCUT2D eigenvalue weighted by Gasteiger charge is -2.14. The number of para-hydroxylation sites is 1. The summed E-state index contributed by atoms with van der Waals surface area (Å²) in [6.45, 7) is 4.46. The zero-order valence-corrected chi connectivity index (χ0v) is 20.6. The van der Waals surface area contributed by atoms with E-state index in [1.165, 1.54) is 11.8 Å². The van der Waals surface area contributed by atoms with Gasteiger partial charge in [-0.1, -0.05) is 49.3 Å². The molecule has 2 aromatic carbocycles. The second-order valence-corrected chi connectivity index (χ2v) is 9.50. The lowest BCUT2D eigenvalue weighted by atomic mass is 10.0. The molecule has 0 aliphatic heterocycles. The maximum atomic E-state index is 12.5. The van der Waals surface area contributed by atoms with Gasteiger partial charge in [0.15, 0.2) is 11.0 Å². The van der Waals surface area contributed by atoms with E-state index in [1.54, 1.807) is 12.1 Å². The predicted octanol–water partition coefficient (Wildman–Crippen LogP) is 5.51. The first kappa shape index (κ1) is 22.9. The molecule has 3 rings (SSSR count). The van der Waals surface area contributed by atoms with Gasteiger partial charge in [-0.15, -0.1) is 10.2 Å². The molecule has 0 atom stereocenters. The van der Waals surface area contributed by atoms with E-state index in [1.807, 2.05) is 35.9 Å². The minimum atomic E-state index is -0.0834. The number of halogens is 2. The van der Waals surface area contributed by atoms with Crippen molar-refractivity contribution in [2.75, 3.05) is 11.1 Å². The molecule has 1 N–H and O–H groups in total. The molecule has 1 amide bonds. The van der Waals surface area contributed by atoms with Crippen LogP contribution in [0.2, 0.25) is 5.02 Å². The van der Waals surface area contributed by atoms with Gasteiger partial charge in [-0.2, -0.15) is 0 Å². The summed E-state index contributed by atoms with van der Waals surface area (Å²) in [5.74, 6) is 1.72. The zero-order chi connectivity index (χ0) is 21.7. The summed E-state index contributed by atoms with van der Waals surface area (Å²) in [4.78, 5) is 12.5. The first-order chi connectivity index (χ1) is 14.3. The van der Waals surface area contributed by atoms with E-state index in [9.17, 15) is 4.79 Å². The number of benzene rings is 2. The fraction of sp³-hybridized carbons (Fsp3) is 0.286. The molecule has 0 unspecified atom stereocenters. The molecular formula is C21H22ClIN4O2S. The number of carbonyl (C=O) groups is 1. The second-order valence-electron chi connectivity index (χ2n) is 6.90. The molecule has 0 radical (unpaired) electrons. The van der Waals surface area contributed by atoms with Crippen molar-refractivity contribution in [1.82, 2.24) is 14.8 Å². The SMILES string of the molecule is CC(C)c1cc(I)ccc1NC(=O)CSc1nnc(COc2ccccc2Cl)n1C. The monoisotopic (exact) mass is 556 g/mol. The Morgan fingerprint density at radius 1 is 1.27 bits per heavy atom. The summed E-state index contributed by atoms with van der Waals surface area (Å²) in [5, 5.41) is 12.5. The van der Waals surface area contributed by atoms with Crippen LogP contribution in [0.25, 0.3) is 0 Å². The van der Waals surface area contributed by atoms with Gasteiger partial charge >= 0.3 is 0 Å². The number of anilines is 1. The molecule has 1 heterocycles. The van der Waals surface area contributed by atoms with Gasteiger partial charge in [-0.05, 0) is 64.4 Å². The van der Waals surface area contributed by atoms with E-state index in [2.05, 4.69) is 58.0 Å². The summed E-state index contributed by atoms with van der Waals surface area (Å²) in [7, 11) is 1.85. The first-order valence-corrected chi connectivity index (χ1v) is 11.8. The molecule has 9 heteroatoms. The average molecular weight is 557 g/mol. The maximum Gasteiger partial charge on any atom is 0.234 e. The maximum absolute atomic E-state index is 12.5. The van der Waals surface area contributed by atoms with Crippen LogP contribution in [-0.4, -0.2) is 26.4 Å². The number of hydrogen-bond donors (Lipinski definition) is 1. The van der Waals surface area contributed by atoms with Crippen molar-refractivity contribution in [3.8, 4) is 5.75 Å². The van der Waals surface area contributed by atoms with Crippen LogP contribution in [-0.2, 0) is 18.4 Å². The third-order valence-electron chi connectivity index (χ3n) is 4.36. The summed E-state index contributed by atoms with van der Waals surface area (Å²) in [6.07, 6.45) is 0. The number of rotatable bonds is 8. The molecule has 0 aliphatic rings. The number of amides is 1. The van der Waals surface area contributed by atoms with Crippen LogP contribution < -0.4 is 10.1 Å². The van der Waals surface area contributed by atoms with Crippen LogP contribution >= 0.6 is 46.0 Å². The molecule has 30 heavy (non-hydrogen) atoms. The van der Waals surface area contributed by atoms with Crippen molar-refractivity contribution in [1.29, 1.82) is 0 Å². The van der Waals surface area contributed by atoms with E-state index in [0.29, 0.717) is 27.7 Å². The first-order valence-electron chi connectivity index (χ1n) is 9.33. The highest BCUT2D eigenvalue weighted by Gasteiger charge is 2.14. The standard InChI is InChI=1S/C21H22ClIN4O2S/c1-13(2)15-10-14(23)8-9-17(15)24-20(28)12-30-21-26-25-19(27(21)3)11-29-18-7-5-4-6-16(18)22/h4-10,13H,11-12H2,1-3H3,(H,24,28). The fourth-order valence-corrected chi connectivity index (χ4v) is 4.18. The smallest absolute Gasteiger partial charge is 0.234 e. The minimum absolute atomic E-state index is 0.0834. The number of hydrogen-bond acceptors (Lipinski definition) is 5. The van der Waals surface area contributed by atoms with E-state index in [0.717, 1.165) is 14.8 Å². The van der Waals surface area contributed by atoms with Gasteiger partial charge < -0.3 is 14.6 Å². The van der Waals surface area contributed by atoms with Crippen molar-refractivity contribution in [3.63, 3.8) is 0 Å². The summed E-state index contributed by atoms with van der Waals surface area (Å²) in [6, 6.07) is 13.3. The van der Waals surface area contributed by atoms with Crippen LogP contribution in [0.1, 0.15) is 31.2 Å². The average Bonchev–Trinajstić information content (AvgIpc) is 3.06. The molecule has 1 aromatic heterocycles. The van der Waals surface area contributed by atoms with Crippen molar-refractivity contribution in [2.45, 2.75) is 31.5 Å². The topological polar surface area (TPSA) is 69.0 Å². The largest absolute Gasteiger partial charge is 0.484 e. The van der Waals surface area contributed by atoms with E-state index in [-0.39, 0.29) is 18.3 Å². The number of carbonyl (C=O) groups excluding carboxylic acids is 1. The van der Waals surface area contributed by atoms with E-state index >= 15 is 0 Å². The third kappa shape index (κ3) is 5.89. The Morgan fingerprint density at radius 3 is 2.77 bits per heavy atom. The normalized spacial score (nSPS) is 11.0. The van der Waals surface area contributed by atoms with Crippen LogP contribution in [0, 0.1) is 3.57 Å². The van der Waals surface area contributed by atoms with Crippen molar-refractivity contribution in [3.05, 3.63) is 62.4 Å². The van der Waals surface area contributed by atoms with Crippen LogP contribution in [0.15, 0.2) is 47.6 Å². The van der Waals surface area contributed by atoms with Gasteiger partial charge in [0.1, 0.15) is 12.4 Å². The number of nitrogens with one attached hydrogen (secondary N) is 1. The highest BCUT2D eigenvalue weighted by Crippen LogP contribution is 2.27. The van der Waals surface area contributed by atoms with Crippen LogP contribution in [0.5, 0.6) is 5.75 Å². The lowest BCUT2D eigenvalue weighted by molar-refractivity contribution is -0.113. The van der Waals surface area contributed by atoms with Gasteiger partial charge in [-0.25, -0.2) is 0 Å². The van der Waals surface area contributed by atoms with Crippen molar-refractivity contribution in [2.24, 2.45) is 7.05 Å². The number of nitrogens with zero attached hydrogens (tertiary/aromatic N) is 3. The summed E-state index contributed by atoms with van der Waals surface area (Å²) < 4.78 is 8.69. The van der Waals surface area contributed by atoms with E-state index in [4.69, 9.17) is 16.3 Å². The van der Waals surface area contributed by atoms with Crippen LogP contribution in [0.3, 0.4) is 0 Å². The second kappa shape index (κ2) is 10.5. The molecule has 6 nitrogen and oxygen atoms in total. The zero-order valence-electron chi connectivity index (χ0n) is 16.9. The van der Waals surface area contributed by atoms with Crippen molar-refractivity contribution < 1.29 is 9.53 Å². The van der Waals surface area contributed by atoms with Gasteiger partial charge in [0.05, 0.1) is 10.8 Å². The molecule has 0 saturated heterocycles. The molecule has 158 valence electrons. The molecule has 0 aliphatic carbocycles. The molecule has 0 fully saturated rings. The Morgan fingerprint density at radius 2 is 2.03 bits per heavy atom. The van der Waals surface area contributed by atoms with Gasteiger partial charge in [-0.3, -0.25) is 4.79 Å². The molecule has 3 aromatic rings. The molecule has 0 saturated carbocycles. The fourth-order valence-electron chi connectivity index (χ4n) is 2.74. The van der Waals surface area contributed by atoms with Gasteiger partial charge in [0.25, 0.3) is 0 Å². The number of aromatic nitrogens is 3. The predicted molar refractivity (Wildman–Crippen MR) is 129 cm³/mol. The van der Waals surface area contributed by atoms with Gasteiger partial charge in [0, 0.05) is 16.3 Å². The summed E-state index contributed by atoms with van der Waals surface area (Å²) >= 11 is 9.72. The Hall–Kier alpha value is -1.78. The highest BCUT2D eigenvalue weighted by molar-refractivity contribution is 14.1. The quantitative estimate of drug-likeness (QED) is 0.293. The Kier molecular flexibility index (Phi) is 8.01. The highest BCUT2D eigenvalue weighted by atomic mass is 127. The number of ether oxygens (including phenoxy) is 1. The third-order valence-corrected chi connectivity index (χ3v) is 6.36. The Balaban J connectivity index is 1.58. The lowest BCUT2D eigenvalue weighted by Crippen LogP contribution is -2.16. The van der Waals surface area contributed by atoms with Crippen LogP contribution in [0.4, 0.5) is 5.69 Å². The molecular weight excluding hydrogens is 535 g/mol. The van der Waals surface area contributed by atoms with E-state index < -0.39 is 0 Å². The molecule has 0 spiro atoms. The van der Waals surface area contributed by atoms with Gasteiger partial charge in [0.2, 0.25) is 5.91 Å². The molecule has 0 bridgehead atoms. The van der Waals surface area contributed by atoms with Crippen molar-refractivity contribution >= 4 is 57.5 Å². The summed E-state index contributed by atoms with van der Waals surface area (Å²) in [5.41, 5.74) is 1.97. The Labute approximate surface area is 198 Å². The number of thioether (sulfide) groups is 1. The minimum Gasteiger partial charge on any atom is -0.484 e. The Bertz CT molecular complexity index is 1040.